The van der Waals surface area contributed by atoms with Gasteiger partial charge in [-0.15, -0.1) is 11.6 Å². The number of anilines is 1. The van der Waals surface area contributed by atoms with E-state index in [0.717, 1.165) is 24.4 Å². The second-order valence-corrected chi connectivity index (χ2v) is 4.31. The molecule has 15 heavy (non-hydrogen) atoms. The minimum absolute atomic E-state index is 0.208. The van der Waals surface area contributed by atoms with Crippen molar-refractivity contribution in [2.24, 2.45) is 0 Å². The fourth-order valence-electron chi connectivity index (χ4n) is 1.49. The maximum absolute atomic E-state index is 5.88. The quantitative estimate of drug-likeness (QED) is 0.808. The van der Waals surface area contributed by atoms with Crippen LogP contribution in [-0.2, 0) is 0 Å². The van der Waals surface area contributed by atoms with Crippen molar-refractivity contribution in [2.75, 3.05) is 11.9 Å². The fraction of sp³-hybridized carbons (Fsp3) is 0.364. The molecule has 1 unspecified atom stereocenters. The Hall–Kier alpha value is -1.22. The van der Waals surface area contributed by atoms with Gasteiger partial charge in [0, 0.05) is 24.3 Å². The standard InChI is InChI=1S/C11H14ClN3/c1-9(12)5-6-13-10-3-2-4-11-14-7-8-15(10)11/h2-4,7-9,13H,5-6H2,1H3. The van der Waals surface area contributed by atoms with Crippen molar-refractivity contribution in [1.29, 1.82) is 0 Å². The van der Waals surface area contributed by atoms with Crippen LogP contribution >= 0.6 is 11.6 Å². The lowest BCUT2D eigenvalue weighted by Gasteiger charge is -2.09. The second-order valence-electron chi connectivity index (χ2n) is 3.56. The molecule has 1 N–H and O–H groups in total. The minimum Gasteiger partial charge on any atom is -0.371 e. The van der Waals surface area contributed by atoms with E-state index in [9.17, 15) is 0 Å². The predicted molar refractivity (Wildman–Crippen MR) is 63.6 cm³/mol. The lowest BCUT2D eigenvalue weighted by Crippen LogP contribution is -2.08. The summed E-state index contributed by atoms with van der Waals surface area (Å²) in [5, 5.41) is 3.55. The lowest BCUT2D eigenvalue weighted by molar-refractivity contribution is 0.837. The Labute approximate surface area is 94.1 Å². The Balaban J connectivity index is 2.10. The Bertz CT molecular complexity index is 436. The van der Waals surface area contributed by atoms with E-state index in [-0.39, 0.29) is 5.38 Å². The first kappa shape index (κ1) is 10.3. The van der Waals surface area contributed by atoms with Gasteiger partial charge in [0.2, 0.25) is 0 Å². The first-order valence-electron chi connectivity index (χ1n) is 5.07. The fourth-order valence-corrected chi connectivity index (χ4v) is 1.60. The molecular weight excluding hydrogens is 210 g/mol. The Morgan fingerprint density at radius 2 is 2.40 bits per heavy atom. The van der Waals surface area contributed by atoms with Crippen molar-refractivity contribution < 1.29 is 0 Å². The van der Waals surface area contributed by atoms with Crippen LogP contribution < -0.4 is 5.32 Å². The van der Waals surface area contributed by atoms with Gasteiger partial charge in [0.05, 0.1) is 0 Å². The zero-order chi connectivity index (χ0) is 10.7. The third-order valence-electron chi connectivity index (χ3n) is 2.28. The van der Waals surface area contributed by atoms with E-state index in [1.807, 2.05) is 35.7 Å². The molecule has 2 aromatic rings. The molecule has 0 amide bonds. The number of alkyl halides is 1. The van der Waals surface area contributed by atoms with E-state index in [0.29, 0.717) is 0 Å². The molecule has 0 aliphatic heterocycles. The SMILES string of the molecule is CC(Cl)CCNc1cccc2nccn12. The highest BCUT2D eigenvalue weighted by Crippen LogP contribution is 2.11. The molecule has 0 saturated carbocycles. The Morgan fingerprint density at radius 1 is 1.53 bits per heavy atom. The van der Waals surface area contributed by atoms with E-state index in [2.05, 4.69) is 10.3 Å². The van der Waals surface area contributed by atoms with E-state index < -0.39 is 0 Å². The second kappa shape index (κ2) is 4.53. The number of pyridine rings is 1. The van der Waals surface area contributed by atoms with Crippen molar-refractivity contribution >= 4 is 23.1 Å². The molecule has 0 saturated heterocycles. The number of aromatic nitrogens is 2. The number of hydrogen-bond donors (Lipinski definition) is 1. The maximum atomic E-state index is 5.88. The normalized spacial score (nSPS) is 12.9. The molecule has 0 aliphatic rings. The molecule has 4 heteroatoms. The van der Waals surface area contributed by atoms with E-state index in [1.165, 1.54) is 0 Å². The van der Waals surface area contributed by atoms with Gasteiger partial charge < -0.3 is 5.32 Å². The molecule has 2 heterocycles. The van der Waals surface area contributed by atoms with Gasteiger partial charge in [0.25, 0.3) is 0 Å². The molecule has 0 fully saturated rings. The average Bonchev–Trinajstić information content (AvgIpc) is 2.65. The zero-order valence-corrected chi connectivity index (χ0v) is 9.41. The summed E-state index contributed by atoms with van der Waals surface area (Å²) in [6.07, 6.45) is 4.69. The third kappa shape index (κ3) is 2.42. The number of nitrogens with one attached hydrogen (secondary N) is 1. The summed E-state index contributed by atoms with van der Waals surface area (Å²) >= 11 is 5.88. The lowest BCUT2D eigenvalue weighted by atomic mass is 10.3. The molecular formula is C11H14ClN3. The molecule has 0 aliphatic carbocycles. The van der Waals surface area contributed by atoms with Crippen molar-refractivity contribution in [2.45, 2.75) is 18.7 Å². The largest absolute Gasteiger partial charge is 0.371 e. The maximum Gasteiger partial charge on any atom is 0.138 e. The van der Waals surface area contributed by atoms with Crippen molar-refractivity contribution in [1.82, 2.24) is 9.38 Å². The molecule has 0 radical (unpaired) electrons. The molecule has 2 aromatic heterocycles. The number of fused-ring (bicyclic) bond motifs is 1. The highest BCUT2D eigenvalue weighted by atomic mass is 35.5. The van der Waals surface area contributed by atoms with Gasteiger partial charge in [-0.25, -0.2) is 4.98 Å². The number of imidazole rings is 1. The van der Waals surface area contributed by atoms with E-state index in [1.54, 1.807) is 6.20 Å². The van der Waals surface area contributed by atoms with Crippen LogP contribution in [0.1, 0.15) is 13.3 Å². The Morgan fingerprint density at radius 3 is 3.20 bits per heavy atom. The molecule has 0 bridgehead atoms. The van der Waals surface area contributed by atoms with Crippen LogP contribution in [0, 0.1) is 0 Å². The van der Waals surface area contributed by atoms with Crippen molar-refractivity contribution in [3.63, 3.8) is 0 Å². The van der Waals surface area contributed by atoms with Crippen LogP contribution in [0.4, 0.5) is 5.82 Å². The summed E-state index contributed by atoms with van der Waals surface area (Å²) in [4.78, 5) is 4.22. The summed E-state index contributed by atoms with van der Waals surface area (Å²) in [6.45, 7) is 2.88. The van der Waals surface area contributed by atoms with Gasteiger partial charge in [0.1, 0.15) is 11.5 Å². The van der Waals surface area contributed by atoms with Gasteiger partial charge >= 0.3 is 0 Å². The van der Waals surface area contributed by atoms with Crippen LogP contribution in [0.15, 0.2) is 30.6 Å². The van der Waals surface area contributed by atoms with E-state index >= 15 is 0 Å². The smallest absolute Gasteiger partial charge is 0.138 e. The molecule has 3 nitrogen and oxygen atoms in total. The summed E-state index contributed by atoms with van der Waals surface area (Å²) < 4.78 is 2.03. The predicted octanol–water partition coefficient (Wildman–Crippen LogP) is 2.76. The first-order chi connectivity index (χ1) is 7.27. The van der Waals surface area contributed by atoms with E-state index in [4.69, 9.17) is 11.6 Å². The van der Waals surface area contributed by atoms with Gasteiger partial charge in [-0.05, 0) is 25.5 Å². The summed E-state index contributed by atoms with van der Waals surface area (Å²) in [5.41, 5.74) is 0.957. The summed E-state index contributed by atoms with van der Waals surface area (Å²) in [7, 11) is 0. The number of halogens is 1. The van der Waals surface area contributed by atoms with Crippen LogP contribution in [0.25, 0.3) is 5.65 Å². The van der Waals surface area contributed by atoms with Crippen molar-refractivity contribution in [3.8, 4) is 0 Å². The number of rotatable bonds is 4. The monoisotopic (exact) mass is 223 g/mol. The van der Waals surface area contributed by atoms with Crippen LogP contribution in [-0.4, -0.2) is 21.3 Å². The summed E-state index contributed by atoms with van der Waals surface area (Å²) in [5.74, 6) is 1.06. The molecule has 1 atom stereocenters. The van der Waals surface area contributed by atoms with Crippen LogP contribution in [0.5, 0.6) is 0 Å². The number of hydrogen-bond acceptors (Lipinski definition) is 2. The zero-order valence-electron chi connectivity index (χ0n) is 8.65. The van der Waals surface area contributed by atoms with Gasteiger partial charge in [-0.2, -0.15) is 0 Å². The van der Waals surface area contributed by atoms with Gasteiger partial charge in [0.15, 0.2) is 0 Å². The highest BCUT2D eigenvalue weighted by Gasteiger charge is 2.00. The first-order valence-corrected chi connectivity index (χ1v) is 5.51. The minimum atomic E-state index is 0.208. The molecule has 0 aromatic carbocycles. The van der Waals surface area contributed by atoms with Gasteiger partial charge in [-0.3, -0.25) is 4.40 Å². The van der Waals surface area contributed by atoms with Crippen molar-refractivity contribution in [3.05, 3.63) is 30.6 Å². The molecule has 0 spiro atoms. The Kier molecular flexibility index (Phi) is 3.11. The molecule has 2 rings (SSSR count). The van der Waals surface area contributed by atoms with Crippen LogP contribution in [0.2, 0.25) is 0 Å². The third-order valence-corrected chi connectivity index (χ3v) is 2.49. The number of nitrogens with zero attached hydrogens (tertiary/aromatic N) is 2. The molecule has 80 valence electrons. The highest BCUT2D eigenvalue weighted by molar-refractivity contribution is 6.20. The van der Waals surface area contributed by atoms with Crippen LogP contribution in [0.3, 0.4) is 0 Å². The van der Waals surface area contributed by atoms with Gasteiger partial charge in [-0.1, -0.05) is 6.07 Å². The average molecular weight is 224 g/mol. The summed E-state index contributed by atoms with van der Waals surface area (Å²) in [6, 6.07) is 6.01. The topological polar surface area (TPSA) is 29.3 Å².